The maximum absolute atomic E-state index is 11.8. The molecule has 2 N–H and O–H groups in total. The van der Waals surface area contributed by atoms with E-state index in [0.29, 0.717) is 19.0 Å². The lowest BCUT2D eigenvalue weighted by Crippen LogP contribution is -2.26. The van der Waals surface area contributed by atoms with Crippen molar-refractivity contribution in [3.63, 3.8) is 0 Å². The number of rotatable bonds is 9. The summed E-state index contributed by atoms with van der Waals surface area (Å²) in [6.45, 7) is 1.24. The Balaban J connectivity index is 1.60. The van der Waals surface area contributed by atoms with Crippen molar-refractivity contribution in [2.24, 2.45) is 7.05 Å². The molecule has 1 aliphatic carbocycles. The molecular formula is C12H22N4O2S. The molecule has 0 aromatic carbocycles. The van der Waals surface area contributed by atoms with E-state index in [4.69, 9.17) is 0 Å². The van der Waals surface area contributed by atoms with Gasteiger partial charge in [-0.1, -0.05) is 0 Å². The van der Waals surface area contributed by atoms with Crippen molar-refractivity contribution in [2.45, 2.75) is 38.3 Å². The summed E-state index contributed by atoms with van der Waals surface area (Å²) in [6.07, 6.45) is 7.62. The second-order valence-electron chi connectivity index (χ2n) is 5.10. The average Bonchev–Trinajstić information content (AvgIpc) is 3.08. The molecule has 7 heteroatoms. The van der Waals surface area contributed by atoms with E-state index in [9.17, 15) is 8.42 Å². The van der Waals surface area contributed by atoms with Gasteiger partial charge in [0.25, 0.3) is 0 Å². The van der Waals surface area contributed by atoms with Crippen LogP contribution in [0.5, 0.6) is 0 Å². The summed E-state index contributed by atoms with van der Waals surface area (Å²) in [5.41, 5.74) is 0.876. The first-order valence-corrected chi connectivity index (χ1v) is 8.39. The molecule has 0 radical (unpaired) electrons. The second-order valence-corrected chi connectivity index (χ2v) is 7.02. The number of aromatic nitrogens is 2. The Labute approximate surface area is 114 Å². The van der Waals surface area contributed by atoms with E-state index < -0.39 is 10.0 Å². The van der Waals surface area contributed by atoms with Crippen molar-refractivity contribution in [1.82, 2.24) is 19.8 Å². The summed E-state index contributed by atoms with van der Waals surface area (Å²) in [5, 5.41) is 7.38. The fourth-order valence-corrected chi connectivity index (χ4v) is 2.95. The Bertz CT molecular complexity index is 494. The molecule has 1 fully saturated rings. The fourth-order valence-electron chi connectivity index (χ4n) is 1.84. The van der Waals surface area contributed by atoms with Gasteiger partial charge in [0, 0.05) is 31.4 Å². The van der Waals surface area contributed by atoms with E-state index >= 15 is 0 Å². The minimum atomic E-state index is -3.17. The van der Waals surface area contributed by atoms with E-state index in [2.05, 4.69) is 15.1 Å². The van der Waals surface area contributed by atoms with Gasteiger partial charge in [0.15, 0.2) is 0 Å². The van der Waals surface area contributed by atoms with Crippen molar-refractivity contribution in [2.75, 3.05) is 12.3 Å². The van der Waals surface area contributed by atoms with Crippen LogP contribution in [0.15, 0.2) is 12.4 Å². The van der Waals surface area contributed by atoms with Crippen molar-refractivity contribution >= 4 is 10.0 Å². The van der Waals surface area contributed by atoms with Crippen LogP contribution in [0.4, 0.5) is 0 Å². The van der Waals surface area contributed by atoms with Crippen LogP contribution in [-0.4, -0.2) is 36.5 Å². The third-order valence-electron chi connectivity index (χ3n) is 3.10. The van der Waals surface area contributed by atoms with E-state index in [1.807, 2.05) is 13.2 Å². The number of hydrogen-bond acceptors (Lipinski definition) is 4. The SMILES string of the molecule is Cn1cc(CNS(=O)(=O)CCCCNC2CC2)cn1. The summed E-state index contributed by atoms with van der Waals surface area (Å²) < 4.78 is 27.8. The van der Waals surface area contributed by atoms with E-state index in [-0.39, 0.29) is 5.75 Å². The Kier molecular flexibility index (Phi) is 4.95. The van der Waals surface area contributed by atoms with E-state index in [1.54, 1.807) is 10.9 Å². The minimum absolute atomic E-state index is 0.194. The Morgan fingerprint density at radius 3 is 2.84 bits per heavy atom. The molecule has 1 aromatic heterocycles. The number of hydrogen-bond donors (Lipinski definition) is 2. The number of nitrogens with one attached hydrogen (secondary N) is 2. The van der Waals surface area contributed by atoms with E-state index in [0.717, 1.165) is 18.5 Å². The highest BCUT2D eigenvalue weighted by atomic mass is 32.2. The maximum Gasteiger partial charge on any atom is 0.211 e. The van der Waals surface area contributed by atoms with Gasteiger partial charge < -0.3 is 5.32 Å². The van der Waals surface area contributed by atoms with Crippen LogP contribution in [0, 0.1) is 0 Å². The summed E-state index contributed by atoms with van der Waals surface area (Å²) in [4.78, 5) is 0. The molecule has 2 rings (SSSR count). The molecule has 0 aliphatic heterocycles. The summed E-state index contributed by atoms with van der Waals surface area (Å²) >= 11 is 0. The van der Waals surface area contributed by atoms with Gasteiger partial charge in [0.1, 0.15) is 0 Å². The summed E-state index contributed by atoms with van der Waals surface area (Å²) in [6, 6.07) is 0.695. The zero-order valence-corrected chi connectivity index (χ0v) is 12.1. The first kappa shape index (κ1) is 14.5. The van der Waals surface area contributed by atoms with Gasteiger partial charge in [-0.2, -0.15) is 5.10 Å². The molecule has 19 heavy (non-hydrogen) atoms. The molecule has 1 aromatic rings. The predicted octanol–water partition coefficient (Wildman–Crippen LogP) is 0.372. The molecule has 1 aliphatic rings. The largest absolute Gasteiger partial charge is 0.314 e. The third-order valence-corrected chi connectivity index (χ3v) is 4.52. The van der Waals surface area contributed by atoms with Gasteiger partial charge in [0.05, 0.1) is 11.9 Å². The highest BCUT2D eigenvalue weighted by Crippen LogP contribution is 2.18. The molecule has 0 saturated heterocycles. The molecule has 6 nitrogen and oxygen atoms in total. The Hall–Kier alpha value is -0.920. The Morgan fingerprint density at radius 1 is 1.42 bits per heavy atom. The lowest BCUT2D eigenvalue weighted by atomic mass is 10.3. The van der Waals surface area contributed by atoms with Crippen LogP contribution < -0.4 is 10.0 Å². The molecule has 0 spiro atoms. The fraction of sp³-hybridized carbons (Fsp3) is 0.750. The lowest BCUT2D eigenvalue weighted by molar-refractivity contribution is 0.572. The highest BCUT2D eigenvalue weighted by Gasteiger charge is 2.19. The smallest absolute Gasteiger partial charge is 0.211 e. The van der Waals surface area contributed by atoms with Crippen molar-refractivity contribution in [1.29, 1.82) is 0 Å². The zero-order chi connectivity index (χ0) is 13.7. The van der Waals surface area contributed by atoms with E-state index in [1.165, 1.54) is 12.8 Å². The summed E-state index contributed by atoms with van der Waals surface area (Å²) in [7, 11) is -1.36. The Morgan fingerprint density at radius 2 is 2.21 bits per heavy atom. The van der Waals surface area contributed by atoms with Gasteiger partial charge >= 0.3 is 0 Å². The minimum Gasteiger partial charge on any atom is -0.314 e. The average molecular weight is 286 g/mol. The first-order chi connectivity index (χ1) is 9.05. The van der Waals surface area contributed by atoms with Gasteiger partial charge in [-0.05, 0) is 32.2 Å². The molecule has 0 atom stereocenters. The third kappa shape index (κ3) is 5.71. The van der Waals surface area contributed by atoms with Crippen LogP contribution in [0.3, 0.4) is 0 Å². The molecule has 108 valence electrons. The zero-order valence-electron chi connectivity index (χ0n) is 11.3. The van der Waals surface area contributed by atoms with Crippen molar-refractivity contribution in [3.8, 4) is 0 Å². The number of aryl methyl sites for hydroxylation is 1. The van der Waals surface area contributed by atoms with Crippen LogP contribution >= 0.6 is 0 Å². The van der Waals surface area contributed by atoms with Crippen LogP contribution in [0.2, 0.25) is 0 Å². The second kappa shape index (κ2) is 6.49. The molecular weight excluding hydrogens is 264 g/mol. The van der Waals surface area contributed by atoms with Crippen LogP contribution in [0.25, 0.3) is 0 Å². The number of nitrogens with zero attached hydrogens (tertiary/aromatic N) is 2. The quantitative estimate of drug-likeness (QED) is 0.643. The van der Waals surface area contributed by atoms with Crippen LogP contribution in [-0.2, 0) is 23.6 Å². The van der Waals surface area contributed by atoms with Crippen molar-refractivity contribution in [3.05, 3.63) is 18.0 Å². The predicted molar refractivity (Wildman–Crippen MR) is 74.1 cm³/mol. The molecule has 1 saturated carbocycles. The van der Waals surface area contributed by atoms with Crippen molar-refractivity contribution < 1.29 is 8.42 Å². The van der Waals surface area contributed by atoms with Gasteiger partial charge in [0.2, 0.25) is 10.0 Å². The monoisotopic (exact) mass is 286 g/mol. The molecule has 1 heterocycles. The topological polar surface area (TPSA) is 76.0 Å². The molecule has 0 bridgehead atoms. The maximum atomic E-state index is 11.8. The van der Waals surface area contributed by atoms with Gasteiger partial charge in [-0.3, -0.25) is 4.68 Å². The summed E-state index contributed by atoms with van der Waals surface area (Å²) in [5.74, 6) is 0.194. The number of sulfonamides is 1. The normalized spacial score (nSPS) is 15.8. The van der Waals surface area contributed by atoms with Crippen LogP contribution in [0.1, 0.15) is 31.2 Å². The molecule has 0 unspecified atom stereocenters. The lowest BCUT2D eigenvalue weighted by Gasteiger charge is -2.06. The standard InChI is InChI=1S/C12H22N4O2S/c1-16-10-11(8-14-16)9-15-19(17,18)7-3-2-6-13-12-4-5-12/h8,10,12-13,15H,2-7,9H2,1H3. The number of unbranched alkanes of at least 4 members (excludes halogenated alkanes) is 1. The highest BCUT2D eigenvalue weighted by molar-refractivity contribution is 7.89. The first-order valence-electron chi connectivity index (χ1n) is 6.73. The van der Waals surface area contributed by atoms with Gasteiger partial charge in [-0.15, -0.1) is 0 Å². The van der Waals surface area contributed by atoms with Gasteiger partial charge in [-0.25, -0.2) is 13.1 Å². The molecule has 0 amide bonds.